The van der Waals surface area contributed by atoms with E-state index in [0.29, 0.717) is 6.42 Å². The molecule has 2 aromatic rings. The predicted molar refractivity (Wildman–Crippen MR) is 96.7 cm³/mol. The maximum Gasteiger partial charge on any atom is 0.0937 e. The summed E-state index contributed by atoms with van der Waals surface area (Å²) in [6.07, 6.45) is 20.3. The van der Waals surface area contributed by atoms with Crippen LogP contribution in [-0.2, 0) is 12.8 Å². The molecule has 0 saturated carbocycles. The molecular formula is C21H26O3. The summed E-state index contributed by atoms with van der Waals surface area (Å²) in [6, 6.07) is 3.92. The Morgan fingerprint density at radius 1 is 1.12 bits per heavy atom. The third-order valence-electron chi connectivity index (χ3n) is 3.80. The molecule has 1 unspecified atom stereocenters. The van der Waals surface area contributed by atoms with Gasteiger partial charge in [0.05, 0.1) is 30.7 Å². The SMILES string of the molecule is CC(C=CCC(C)(O)C=CCc1ccoc1)=CCCc1ccoc1. The van der Waals surface area contributed by atoms with Crippen LogP contribution in [0.3, 0.4) is 0 Å². The smallest absolute Gasteiger partial charge is 0.0937 e. The van der Waals surface area contributed by atoms with E-state index in [2.05, 4.69) is 19.1 Å². The Morgan fingerprint density at radius 2 is 1.83 bits per heavy atom. The monoisotopic (exact) mass is 326 g/mol. The van der Waals surface area contributed by atoms with Gasteiger partial charge >= 0.3 is 0 Å². The number of aliphatic hydroxyl groups is 1. The first-order valence-electron chi connectivity index (χ1n) is 8.31. The van der Waals surface area contributed by atoms with Crippen molar-refractivity contribution in [3.63, 3.8) is 0 Å². The summed E-state index contributed by atoms with van der Waals surface area (Å²) in [5, 5.41) is 10.4. The number of rotatable bonds is 9. The molecule has 3 heteroatoms. The molecule has 1 atom stereocenters. The van der Waals surface area contributed by atoms with Crippen LogP contribution in [0.1, 0.15) is 37.8 Å². The predicted octanol–water partition coefficient (Wildman–Crippen LogP) is 5.25. The summed E-state index contributed by atoms with van der Waals surface area (Å²) < 4.78 is 10.1. The average Bonchev–Trinajstić information content (AvgIpc) is 3.20. The van der Waals surface area contributed by atoms with E-state index in [1.165, 1.54) is 11.1 Å². The molecule has 0 aliphatic heterocycles. The van der Waals surface area contributed by atoms with Crippen LogP contribution >= 0.6 is 0 Å². The second-order valence-electron chi connectivity index (χ2n) is 6.32. The lowest BCUT2D eigenvalue weighted by molar-refractivity contribution is 0.115. The summed E-state index contributed by atoms with van der Waals surface area (Å²) in [7, 11) is 0. The summed E-state index contributed by atoms with van der Waals surface area (Å²) in [5.74, 6) is 0. The van der Waals surface area contributed by atoms with Crippen LogP contribution < -0.4 is 0 Å². The van der Waals surface area contributed by atoms with Crippen LogP contribution in [0.25, 0.3) is 0 Å². The highest BCUT2D eigenvalue weighted by Gasteiger charge is 2.13. The molecule has 0 saturated heterocycles. The van der Waals surface area contributed by atoms with Gasteiger partial charge in [-0.15, -0.1) is 0 Å². The third-order valence-corrected chi connectivity index (χ3v) is 3.80. The first-order chi connectivity index (χ1) is 11.6. The van der Waals surface area contributed by atoms with Crippen LogP contribution in [0, 0.1) is 0 Å². The molecule has 0 amide bonds. The zero-order chi connectivity index (χ0) is 17.3. The van der Waals surface area contributed by atoms with Gasteiger partial charge in [-0.05, 0) is 62.8 Å². The number of allylic oxidation sites excluding steroid dienone is 4. The minimum Gasteiger partial charge on any atom is -0.472 e. The summed E-state index contributed by atoms with van der Waals surface area (Å²) in [5.41, 5.74) is 2.69. The van der Waals surface area contributed by atoms with E-state index in [4.69, 9.17) is 8.83 Å². The van der Waals surface area contributed by atoms with E-state index in [0.717, 1.165) is 24.8 Å². The Labute approximate surface area is 144 Å². The fourth-order valence-corrected chi connectivity index (χ4v) is 2.38. The number of furan rings is 2. The number of hydrogen-bond donors (Lipinski definition) is 1. The van der Waals surface area contributed by atoms with Crippen LogP contribution in [0.4, 0.5) is 0 Å². The number of aryl methyl sites for hydroxylation is 1. The second kappa shape index (κ2) is 9.14. The molecule has 1 N–H and O–H groups in total. The largest absolute Gasteiger partial charge is 0.472 e. The van der Waals surface area contributed by atoms with Gasteiger partial charge in [-0.2, -0.15) is 0 Å². The van der Waals surface area contributed by atoms with Crippen molar-refractivity contribution in [3.8, 4) is 0 Å². The van der Waals surface area contributed by atoms with Crippen molar-refractivity contribution >= 4 is 0 Å². The summed E-state index contributed by atoms with van der Waals surface area (Å²) >= 11 is 0. The van der Waals surface area contributed by atoms with Crippen LogP contribution in [0.5, 0.6) is 0 Å². The van der Waals surface area contributed by atoms with E-state index < -0.39 is 5.60 Å². The number of hydrogen-bond acceptors (Lipinski definition) is 3. The van der Waals surface area contributed by atoms with Crippen molar-refractivity contribution in [1.29, 1.82) is 0 Å². The zero-order valence-electron chi connectivity index (χ0n) is 14.4. The van der Waals surface area contributed by atoms with Gasteiger partial charge in [0.2, 0.25) is 0 Å². The lowest BCUT2D eigenvalue weighted by Gasteiger charge is -2.16. The molecule has 128 valence electrons. The van der Waals surface area contributed by atoms with Crippen LogP contribution in [-0.4, -0.2) is 10.7 Å². The van der Waals surface area contributed by atoms with Crippen LogP contribution in [0.15, 0.2) is 82.0 Å². The Bertz CT molecular complexity index is 656. The zero-order valence-corrected chi connectivity index (χ0v) is 14.4. The Hall–Kier alpha value is -2.26. The molecule has 2 rings (SSSR count). The van der Waals surface area contributed by atoms with Crippen molar-refractivity contribution in [2.24, 2.45) is 0 Å². The first kappa shape index (κ1) is 18.1. The van der Waals surface area contributed by atoms with Crippen molar-refractivity contribution in [1.82, 2.24) is 0 Å². The van der Waals surface area contributed by atoms with E-state index in [9.17, 15) is 5.11 Å². The molecule has 0 radical (unpaired) electrons. The van der Waals surface area contributed by atoms with Gasteiger partial charge in [0.15, 0.2) is 0 Å². The highest BCUT2D eigenvalue weighted by molar-refractivity contribution is 5.19. The van der Waals surface area contributed by atoms with Gasteiger partial charge in [-0.3, -0.25) is 0 Å². The molecule has 0 fully saturated rings. The van der Waals surface area contributed by atoms with Crippen LogP contribution in [0.2, 0.25) is 0 Å². The quantitative estimate of drug-likeness (QED) is 0.506. The van der Waals surface area contributed by atoms with Gasteiger partial charge in [-0.25, -0.2) is 0 Å². The second-order valence-corrected chi connectivity index (χ2v) is 6.32. The molecule has 3 nitrogen and oxygen atoms in total. The van der Waals surface area contributed by atoms with E-state index >= 15 is 0 Å². The van der Waals surface area contributed by atoms with Gasteiger partial charge < -0.3 is 13.9 Å². The average molecular weight is 326 g/mol. The summed E-state index contributed by atoms with van der Waals surface area (Å²) in [4.78, 5) is 0. The van der Waals surface area contributed by atoms with Crippen molar-refractivity contribution in [3.05, 3.63) is 84.3 Å². The fraction of sp³-hybridized carbons (Fsp3) is 0.333. The normalized spacial score (nSPS) is 15.4. The lowest BCUT2D eigenvalue weighted by Crippen LogP contribution is -2.19. The van der Waals surface area contributed by atoms with Gasteiger partial charge in [0.1, 0.15) is 0 Å². The standard InChI is InChI=1S/C21H26O3/c1-18(6-3-8-19-10-14-23-16-19)7-4-12-21(2,22)13-5-9-20-11-15-24-17-20/h4-7,10-11,13-17,22H,3,8-9,12H2,1-2H3. The first-order valence-corrected chi connectivity index (χ1v) is 8.31. The molecule has 0 aliphatic carbocycles. The Balaban J connectivity index is 1.73. The molecule has 24 heavy (non-hydrogen) atoms. The van der Waals surface area contributed by atoms with Crippen molar-refractivity contribution in [2.45, 2.75) is 45.1 Å². The van der Waals surface area contributed by atoms with Gasteiger partial charge in [0, 0.05) is 0 Å². The molecule has 0 aromatic carbocycles. The van der Waals surface area contributed by atoms with Gasteiger partial charge in [-0.1, -0.05) is 36.0 Å². The van der Waals surface area contributed by atoms with Crippen molar-refractivity contribution in [2.75, 3.05) is 0 Å². The molecule has 2 heterocycles. The molecular weight excluding hydrogens is 300 g/mol. The molecule has 2 aromatic heterocycles. The summed E-state index contributed by atoms with van der Waals surface area (Å²) in [6.45, 7) is 3.90. The third kappa shape index (κ3) is 6.88. The van der Waals surface area contributed by atoms with E-state index in [1.807, 2.05) is 37.3 Å². The van der Waals surface area contributed by atoms with E-state index in [-0.39, 0.29) is 0 Å². The maximum absolute atomic E-state index is 10.4. The Kier molecular flexibility index (Phi) is 6.89. The molecule has 0 aliphatic rings. The minimum absolute atomic E-state index is 0.585. The van der Waals surface area contributed by atoms with E-state index in [1.54, 1.807) is 25.1 Å². The maximum atomic E-state index is 10.4. The highest BCUT2D eigenvalue weighted by atomic mass is 16.3. The highest BCUT2D eigenvalue weighted by Crippen LogP contribution is 2.14. The lowest BCUT2D eigenvalue weighted by atomic mass is 10.00. The minimum atomic E-state index is -0.836. The van der Waals surface area contributed by atoms with Crippen molar-refractivity contribution < 1.29 is 13.9 Å². The Morgan fingerprint density at radius 3 is 2.50 bits per heavy atom. The molecule has 0 spiro atoms. The fourth-order valence-electron chi connectivity index (χ4n) is 2.38. The topological polar surface area (TPSA) is 46.5 Å². The van der Waals surface area contributed by atoms with Gasteiger partial charge in [0.25, 0.3) is 0 Å². The molecule has 0 bridgehead atoms.